The Morgan fingerprint density at radius 1 is 1.25 bits per heavy atom. The second-order valence-corrected chi connectivity index (χ2v) is 5.74. The van der Waals surface area contributed by atoms with E-state index in [1.54, 1.807) is 0 Å². The fraction of sp³-hybridized carbons (Fsp3) is 0.333. The maximum absolute atomic E-state index is 5.90. The number of nitrogens with one attached hydrogen (secondary N) is 1. The molecule has 1 aromatic carbocycles. The average molecular weight is 336 g/mol. The van der Waals surface area contributed by atoms with E-state index in [9.17, 15) is 0 Å². The van der Waals surface area contributed by atoms with Crippen LogP contribution in [-0.4, -0.2) is 17.0 Å². The molecule has 0 unspecified atom stereocenters. The number of rotatable bonds is 4. The molecule has 0 amide bonds. The van der Waals surface area contributed by atoms with Crippen molar-refractivity contribution in [1.29, 1.82) is 0 Å². The molecule has 5 heteroatoms. The van der Waals surface area contributed by atoms with E-state index in [1.807, 2.05) is 38.2 Å². The summed E-state index contributed by atoms with van der Waals surface area (Å²) in [5, 5.41) is 3.09. The van der Waals surface area contributed by atoms with Crippen molar-refractivity contribution in [2.75, 3.05) is 12.4 Å². The minimum absolute atomic E-state index is 0.243. The molecular formula is C15H18BrN3O. The number of aromatic nitrogens is 2. The van der Waals surface area contributed by atoms with Crippen LogP contribution in [0, 0.1) is 6.92 Å². The summed E-state index contributed by atoms with van der Waals surface area (Å²) in [5.74, 6) is 3.15. The Labute approximate surface area is 127 Å². The largest absolute Gasteiger partial charge is 0.439 e. The Morgan fingerprint density at radius 2 is 2.00 bits per heavy atom. The van der Waals surface area contributed by atoms with Gasteiger partial charge in [0.15, 0.2) is 0 Å². The van der Waals surface area contributed by atoms with E-state index in [-0.39, 0.29) is 5.92 Å². The van der Waals surface area contributed by atoms with Crippen LogP contribution in [0.4, 0.5) is 5.82 Å². The maximum atomic E-state index is 5.90. The Hall–Kier alpha value is -1.62. The molecule has 0 atom stereocenters. The van der Waals surface area contributed by atoms with Gasteiger partial charge in [-0.25, -0.2) is 4.98 Å². The molecule has 20 heavy (non-hydrogen) atoms. The number of halogens is 1. The fourth-order valence-electron chi connectivity index (χ4n) is 1.76. The first-order valence-corrected chi connectivity index (χ1v) is 7.30. The Morgan fingerprint density at radius 3 is 2.60 bits per heavy atom. The SMILES string of the molecule is CNc1nc(C(C)C)nc(Oc2cccc(Br)c2)c1C. The van der Waals surface area contributed by atoms with Crippen LogP contribution in [0.5, 0.6) is 11.6 Å². The van der Waals surface area contributed by atoms with E-state index in [2.05, 4.69) is 45.1 Å². The first kappa shape index (κ1) is 14.8. The predicted molar refractivity (Wildman–Crippen MR) is 84.6 cm³/mol. The van der Waals surface area contributed by atoms with Crippen molar-refractivity contribution in [2.24, 2.45) is 0 Å². The molecule has 0 aliphatic heterocycles. The molecule has 0 bridgehead atoms. The molecule has 0 saturated heterocycles. The smallest absolute Gasteiger partial charge is 0.227 e. The number of hydrogen-bond donors (Lipinski definition) is 1. The van der Waals surface area contributed by atoms with Crippen molar-refractivity contribution in [3.05, 3.63) is 40.1 Å². The summed E-state index contributed by atoms with van der Waals surface area (Å²) in [6.07, 6.45) is 0. The summed E-state index contributed by atoms with van der Waals surface area (Å²) in [7, 11) is 1.85. The lowest BCUT2D eigenvalue weighted by atomic mass is 10.2. The monoisotopic (exact) mass is 335 g/mol. The van der Waals surface area contributed by atoms with Crippen LogP contribution in [0.15, 0.2) is 28.7 Å². The van der Waals surface area contributed by atoms with E-state index in [4.69, 9.17) is 4.74 Å². The van der Waals surface area contributed by atoms with Gasteiger partial charge in [0.05, 0.1) is 5.56 Å². The Bertz CT molecular complexity index is 614. The highest BCUT2D eigenvalue weighted by Crippen LogP contribution is 2.29. The maximum Gasteiger partial charge on any atom is 0.227 e. The standard InChI is InChI=1S/C15H18BrN3O/c1-9(2)13-18-14(17-4)10(3)15(19-13)20-12-7-5-6-11(16)8-12/h5-9H,1-4H3,(H,17,18,19). The third-order valence-corrected chi connectivity index (χ3v) is 3.38. The van der Waals surface area contributed by atoms with E-state index >= 15 is 0 Å². The molecule has 0 saturated carbocycles. The highest BCUT2D eigenvalue weighted by molar-refractivity contribution is 9.10. The first-order chi connectivity index (χ1) is 9.51. The summed E-state index contributed by atoms with van der Waals surface area (Å²) in [4.78, 5) is 9.02. The molecule has 0 fully saturated rings. The zero-order valence-electron chi connectivity index (χ0n) is 12.1. The van der Waals surface area contributed by atoms with Crippen molar-refractivity contribution in [3.8, 4) is 11.6 Å². The fourth-order valence-corrected chi connectivity index (χ4v) is 2.13. The molecule has 2 aromatic rings. The van der Waals surface area contributed by atoms with Crippen LogP contribution in [0.1, 0.15) is 31.2 Å². The molecule has 2 rings (SSSR count). The molecule has 106 valence electrons. The Balaban J connectivity index is 2.42. The van der Waals surface area contributed by atoms with Crippen LogP contribution in [0.3, 0.4) is 0 Å². The molecule has 4 nitrogen and oxygen atoms in total. The summed E-state index contributed by atoms with van der Waals surface area (Å²) >= 11 is 3.43. The third kappa shape index (κ3) is 3.28. The van der Waals surface area contributed by atoms with Crippen LogP contribution in [0.25, 0.3) is 0 Å². The number of benzene rings is 1. The van der Waals surface area contributed by atoms with Gasteiger partial charge in [0.1, 0.15) is 17.4 Å². The van der Waals surface area contributed by atoms with E-state index in [1.165, 1.54) is 0 Å². The lowest BCUT2D eigenvalue weighted by Crippen LogP contribution is -2.06. The Kier molecular flexibility index (Phi) is 4.60. The van der Waals surface area contributed by atoms with Gasteiger partial charge in [0, 0.05) is 17.4 Å². The molecule has 0 radical (unpaired) electrons. The summed E-state index contributed by atoms with van der Waals surface area (Å²) in [6.45, 7) is 6.07. The lowest BCUT2D eigenvalue weighted by Gasteiger charge is -2.14. The first-order valence-electron chi connectivity index (χ1n) is 6.51. The molecule has 1 N–H and O–H groups in total. The molecular weight excluding hydrogens is 318 g/mol. The minimum Gasteiger partial charge on any atom is -0.439 e. The van der Waals surface area contributed by atoms with E-state index in [0.717, 1.165) is 27.4 Å². The second-order valence-electron chi connectivity index (χ2n) is 4.82. The minimum atomic E-state index is 0.243. The summed E-state index contributed by atoms with van der Waals surface area (Å²) < 4.78 is 6.87. The predicted octanol–water partition coefficient (Wildman–Crippen LogP) is 4.50. The number of anilines is 1. The molecule has 1 heterocycles. The van der Waals surface area contributed by atoms with Crippen molar-refractivity contribution in [1.82, 2.24) is 9.97 Å². The zero-order valence-corrected chi connectivity index (χ0v) is 13.7. The highest BCUT2D eigenvalue weighted by atomic mass is 79.9. The molecule has 0 aliphatic carbocycles. The van der Waals surface area contributed by atoms with Gasteiger partial charge in [-0.3, -0.25) is 0 Å². The van der Waals surface area contributed by atoms with Gasteiger partial charge >= 0.3 is 0 Å². The van der Waals surface area contributed by atoms with Gasteiger partial charge in [-0.2, -0.15) is 4.98 Å². The average Bonchev–Trinajstić information content (AvgIpc) is 2.41. The summed E-state index contributed by atoms with van der Waals surface area (Å²) in [5.41, 5.74) is 0.900. The molecule has 0 spiro atoms. The van der Waals surface area contributed by atoms with Crippen molar-refractivity contribution in [2.45, 2.75) is 26.7 Å². The van der Waals surface area contributed by atoms with Crippen molar-refractivity contribution >= 4 is 21.7 Å². The quantitative estimate of drug-likeness (QED) is 0.893. The van der Waals surface area contributed by atoms with Crippen molar-refractivity contribution < 1.29 is 4.74 Å². The van der Waals surface area contributed by atoms with E-state index < -0.39 is 0 Å². The van der Waals surface area contributed by atoms with Gasteiger partial charge < -0.3 is 10.1 Å². The zero-order chi connectivity index (χ0) is 14.7. The normalized spacial score (nSPS) is 10.7. The van der Waals surface area contributed by atoms with Crippen molar-refractivity contribution in [3.63, 3.8) is 0 Å². The van der Waals surface area contributed by atoms with Crippen LogP contribution < -0.4 is 10.1 Å². The molecule has 0 aliphatic rings. The molecule has 1 aromatic heterocycles. The van der Waals surface area contributed by atoms with Gasteiger partial charge in [0.25, 0.3) is 0 Å². The van der Waals surface area contributed by atoms with E-state index in [0.29, 0.717) is 5.88 Å². The number of ether oxygens (including phenoxy) is 1. The second kappa shape index (κ2) is 6.22. The number of nitrogens with zero attached hydrogens (tertiary/aromatic N) is 2. The van der Waals surface area contributed by atoms with Gasteiger partial charge in [-0.05, 0) is 25.1 Å². The van der Waals surface area contributed by atoms with Crippen LogP contribution in [0.2, 0.25) is 0 Å². The van der Waals surface area contributed by atoms with Gasteiger partial charge in [0.2, 0.25) is 5.88 Å². The van der Waals surface area contributed by atoms with Crippen LogP contribution >= 0.6 is 15.9 Å². The lowest BCUT2D eigenvalue weighted by molar-refractivity contribution is 0.453. The topological polar surface area (TPSA) is 47.0 Å². The number of hydrogen-bond acceptors (Lipinski definition) is 4. The van der Waals surface area contributed by atoms with Crippen LogP contribution in [-0.2, 0) is 0 Å². The third-order valence-electron chi connectivity index (χ3n) is 2.88. The van der Waals surface area contributed by atoms with Gasteiger partial charge in [-0.15, -0.1) is 0 Å². The summed E-state index contributed by atoms with van der Waals surface area (Å²) in [6, 6.07) is 7.70. The van der Waals surface area contributed by atoms with Gasteiger partial charge in [-0.1, -0.05) is 35.8 Å². The highest BCUT2D eigenvalue weighted by Gasteiger charge is 2.14.